The van der Waals surface area contributed by atoms with E-state index in [2.05, 4.69) is 11.6 Å². The van der Waals surface area contributed by atoms with Gasteiger partial charge in [0.1, 0.15) is 12.4 Å². The molecule has 0 aliphatic heterocycles. The Morgan fingerprint density at radius 2 is 1.84 bits per heavy atom. The van der Waals surface area contributed by atoms with Gasteiger partial charge in [0.25, 0.3) is 0 Å². The van der Waals surface area contributed by atoms with Crippen LogP contribution in [0.25, 0.3) is 16.5 Å². The number of hydrogen-bond donors (Lipinski definition) is 1. The minimum absolute atomic E-state index is 0.145. The number of carbonyl (C=O) groups excluding carboxylic acids is 2. The van der Waals surface area contributed by atoms with Crippen LogP contribution in [0.15, 0.2) is 67.4 Å². The van der Waals surface area contributed by atoms with Gasteiger partial charge in [-0.2, -0.15) is 0 Å². The Bertz CT molecular complexity index is 1060. The summed E-state index contributed by atoms with van der Waals surface area (Å²) in [6, 6.07) is 12.5. The molecule has 0 fully saturated rings. The third-order valence-electron chi connectivity index (χ3n) is 4.27. The molecule has 0 spiro atoms. The van der Waals surface area contributed by atoms with Crippen molar-refractivity contribution in [2.24, 2.45) is 0 Å². The third kappa shape index (κ3) is 2.48. The molecule has 0 unspecified atom stereocenters. The number of ether oxygens (including phenoxy) is 1. The highest BCUT2D eigenvalue weighted by Crippen LogP contribution is 2.33. The van der Waals surface area contributed by atoms with E-state index in [4.69, 9.17) is 4.74 Å². The van der Waals surface area contributed by atoms with Gasteiger partial charge in [0.15, 0.2) is 11.6 Å². The Labute approximate surface area is 144 Å². The van der Waals surface area contributed by atoms with E-state index in [1.807, 2.05) is 18.2 Å². The molecule has 1 aromatic heterocycles. The van der Waals surface area contributed by atoms with Crippen LogP contribution < -0.4 is 4.74 Å². The summed E-state index contributed by atoms with van der Waals surface area (Å²) < 4.78 is 5.58. The number of Topliss-reactive ketones (excluding diaryl/α,β-unsaturated/α-hetero) is 1. The van der Waals surface area contributed by atoms with Crippen LogP contribution in [0.4, 0.5) is 0 Å². The lowest BCUT2D eigenvalue weighted by atomic mass is 9.86. The van der Waals surface area contributed by atoms with E-state index < -0.39 is 0 Å². The molecule has 4 rings (SSSR count). The topological polar surface area (TPSA) is 59.2 Å². The highest BCUT2D eigenvalue weighted by atomic mass is 16.5. The summed E-state index contributed by atoms with van der Waals surface area (Å²) in [6.07, 6.45) is 4.85. The summed E-state index contributed by atoms with van der Waals surface area (Å²) in [5.74, 6) is 0.385. The number of aromatic nitrogens is 1. The third-order valence-corrected chi connectivity index (χ3v) is 4.27. The number of H-pyrrole nitrogens is 1. The van der Waals surface area contributed by atoms with Crippen molar-refractivity contribution in [3.05, 3.63) is 84.1 Å². The average molecular weight is 329 g/mol. The molecule has 0 amide bonds. The highest BCUT2D eigenvalue weighted by Gasteiger charge is 2.27. The van der Waals surface area contributed by atoms with Crippen molar-refractivity contribution in [1.29, 1.82) is 0 Å². The summed E-state index contributed by atoms with van der Waals surface area (Å²) in [7, 11) is 0. The zero-order valence-corrected chi connectivity index (χ0v) is 13.4. The second-order valence-corrected chi connectivity index (χ2v) is 5.81. The number of benzene rings is 2. The maximum Gasteiger partial charge on any atom is 0.194 e. The van der Waals surface area contributed by atoms with Gasteiger partial charge in [0, 0.05) is 39.4 Å². The molecule has 0 atom stereocenters. The van der Waals surface area contributed by atoms with Gasteiger partial charge < -0.3 is 9.72 Å². The molecule has 0 bridgehead atoms. The fourth-order valence-electron chi connectivity index (χ4n) is 3.08. The van der Waals surface area contributed by atoms with Crippen molar-refractivity contribution in [1.82, 2.24) is 4.98 Å². The maximum absolute atomic E-state index is 12.9. The van der Waals surface area contributed by atoms with Gasteiger partial charge in [-0.15, -0.1) is 0 Å². The van der Waals surface area contributed by atoms with E-state index in [9.17, 15) is 9.59 Å². The van der Waals surface area contributed by atoms with Gasteiger partial charge in [0.2, 0.25) is 0 Å². The molecule has 1 aliphatic rings. The Morgan fingerprint density at radius 1 is 1.04 bits per heavy atom. The molecule has 122 valence electrons. The summed E-state index contributed by atoms with van der Waals surface area (Å²) in [5, 5.41) is 0.841. The largest absolute Gasteiger partial charge is 0.490 e. The van der Waals surface area contributed by atoms with Crippen LogP contribution in [0.5, 0.6) is 5.75 Å². The van der Waals surface area contributed by atoms with Gasteiger partial charge in [0.05, 0.1) is 0 Å². The molecule has 0 saturated heterocycles. The molecule has 4 heteroatoms. The Morgan fingerprint density at radius 3 is 2.64 bits per heavy atom. The molecule has 4 nitrogen and oxygen atoms in total. The number of ketones is 2. The van der Waals surface area contributed by atoms with Crippen LogP contribution in [0, 0.1) is 0 Å². The molecular weight excluding hydrogens is 314 g/mol. The van der Waals surface area contributed by atoms with Gasteiger partial charge in [-0.05, 0) is 24.3 Å². The summed E-state index contributed by atoms with van der Waals surface area (Å²) >= 11 is 0. The normalized spacial score (nSPS) is 13.5. The molecule has 1 aliphatic carbocycles. The first-order valence-corrected chi connectivity index (χ1v) is 7.94. The van der Waals surface area contributed by atoms with Crippen LogP contribution in [-0.2, 0) is 0 Å². The molecule has 0 radical (unpaired) electrons. The van der Waals surface area contributed by atoms with E-state index in [0.717, 1.165) is 10.9 Å². The van der Waals surface area contributed by atoms with Crippen molar-refractivity contribution >= 4 is 28.0 Å². The fraction of sp³-hybridized carbons (Fsp3) is 0.0476. The van der Waals surface area contributed by atoms with E-state index in [1.54, 1.807) is 36.5 Å². The summed E-state index contributed by atoms with van der Waals surface area (Å²) in [4.78, 5) is 28.4. The number of aromatic amines is 1. The number of rotatable bonds is 4. The summed E-state index contributed by atoms with van der Waals surface area (Å²) in [6.45, 7) is 4.04. The minimum Gasteiger partial charge on any atom is -0.490 e. The molecule has 0 saturated carbocycles. The molecule has 1 N–H and O–H groups in total. The first-order chi connectivity index (χ1) is 12.2. The molecule has 2 aromatic carbocycles. The van der Waals surface area contributed by atoms with Crippen LogP contribution in [-0.4, -0.2) is 23.2 Å². The second-order valence-electron chi connectivity index (χ2n) is 5.81. The van der Waals surface area contributed by atoms with E-state index in [0.29, 0.717) is 34.6 Å². The lowest BCUT2D eigenvalue weighted by Crippen LogP contribution is -2.15. The average Bonchev–Trinajstić information content (AvgIpc) is 3.06. The highest BCUT2D eigenvalue weighted by molar-refractivity contribution is 6.39. The van der Waals surface area contributed by atoms with Crippen LogP contribution in [0.3, 0.4) is 0 Å². The first-order valence-electron chi connectivity index (χ1n) is 7.94. The number of allylic oxidation sites excluding steroid dienone is 2. The van der Waals surface area contributed by atoms with Crippen LogP contribution in [0.1, 0.15) is 26.3 Å². The molecule has 25 heavy (non-hydrogen) atoms. The van der Waals surface area contributed by atoms with E-state index >= 15 is 0 Å². The predicted molar refractivity (Wildman–Crippen MR) is 97.1 cm³/mol. The van der Waals surface area contributed by atoms with Gasteiger partial charge in [-0.25, -0.2) is 0 Å². The second kappa shape index (κ2) is 5.91. The fourth-order valence-corrected chi connectivity index (χ4v) is 3.08. The van der Waals surface area contributed by atoms with Crippen molar-refractivity contribution in [3.63, 3.8) is 0 Å². The van der Waals surface area contributed by atoms with Crippen LogP contribution >= 0.6 is 0 Å². The van der Waals surface area contributed by atoms with Crippen molar-refractivity contribution in [3.8, 4) is 5.75 Å². The number of hydrogen-bond acceptors (Lipinski definition) is 3. The lowest BCUT2D eigenvalue weighted by molar-refractivity contribution is 0.100. The predicted octanol–water partition coefficient (Wildman–Crippen LogP) is 4.20. The number of carbonyl (C=O) groups is 2. The van der Waals surface area contributed by atoms with Gasteiger partial charge >= 0.3 is 0 Å². The quantitative estimate of drug-likeness (QED) is 0.730. The van der Waals surface area contributed by atoms with Crippen molar-refractivity contribution in [2.75, 3.05) is 6.61 Å². The van der Waals surface area contributed by atoms with E-state index in [-0.39, 0.29) is 11.6 Å². The standard InChI is InChI=1S/C21H15NO3/c1-2-9-25-13-7-8-19-16(10-13)18(12-22-19)17-11-20(23)14-5-3-4-6-15(14)21(17)24/h2-8,10-12,22H,1,9H2. The molecule has 3 aromatic rings. The lowest BCUT2D eigenvalue weighted by Gasteiger charge is -2.14. The van der Waals surface area contributed by atoms with Gasteiger partial charge in [-0.1, -0.05) is 36.9 Å². The Kier molecular flexibility index (Phi) is 3.58. The zero-order valence-electron chi connectivity index (χ0n) is 13.4. The first kappa shape index (κ1) is 15.1. The number of fused-ring (bicyclic) bond motifs is 2. The number of nitrogens with one attached hydrogen (secondary N) is 1. The van der Waals surface area contributed by atoms with Crippen molar-refractivity contribution < 1.29 is 14.3 Å². The Balaban J connectivity index is 1.83. The van der Waals surface area contributed by atoms with Crippen LogP contribution in [0.2, 0.25) is 0 Å². The zero-order chi connectivity index (χ0) is 17.4. The monoisotopic (exact) mass is 329 g/mol. The smallest absolute Gasteiger partial charge is 0.194 e. The minimum atomic E-state index is -0.154. The Hall–Kier alpha value is -3.40. The van der Waals surface area contributed by atoms with Gasteiger partial charge in [-0.3, -0.25) is 9.59 Å². The van der Waals surface area contributed by atoms with E-state index in [1.165, 1.54) is 6.08 Å². The molecular formula is C21H15NO3. The molecule has 1 heterocycles. The van der Waals surface area contributed by atoms with Crippen molar-refractivity contribution in [2.45, 2.75) is 0 Å². The SMILES string of the molecule is C=CCOc1ccc2[nH]cc(C3=CC(=O)c4ccccc4C3=O)c2c1. The maximum atomic E-state index is 12.9. The summed E-state index contributed by atoms with van der Waals surface area (Å²) in [5.41, 5.74) is 2.87.